The first-order chi connectivity index (χ1) is 49.5. The molecule has 0 N–H and O–H groups in total. The summed E-state index contributed by atoms with van der Waals surface area (Å²) in [7, 11) is 0. The molecule has 0 fully saturated rings. The summed E-state index contributed by atoms with van der Waals surface area (Å²) in [6.07, 6.45) is 0. The van der Waals surface area contributed by atoms with Crippen molar-refractivity contribution >= 4 is 67.5 Å². The lowest BCUT2D eigenvalue weighted by Gasteiger charge is -2.31. The summed E-state index contributed by atoms with van der Waals surface area (Å²) in [5.74, 6) is 0. The maximum Gasteiger partial charge on any atom is 0.0725 e. The van der Waals surface area contributed by atoms with Crippen molar-refractivity contribution in [1.82, 2.24) is 0 Å². The van der Waals surface area contributed by atoms with Gasteiger partial charge in [-0.05, 0) is 111 Å². The predicted molar refractivity (Wildman–Crippen MR) is 286 cm³/mol. The molecular weight excluding hydrogens is 859 g/mol. The van der Waals surface area contributed by atoms with Gasteiger partial charge in [-0.25, -0.2) is 0 Å². The van der Waals surface area contributed by atoms with Crippen molar-refractivity contribution in [2.75, 3.05) is 0 Å². The minimum absolute atomic E-state index is 0.819. The van der Waals surface area contributed by atoms with Gasteiger partial charge in [0, 0.05) is 12.1 Å². The number of hydrogen-bond donors (Lipinski definition) is 0. The SMILES string of the molecule is [2H]c1c([2H])c([2H])c(P(=S)(c2c([2H])c([2H])c([2H])c([2H])c2[2H])c2c([2H])c([2H])c(-c3c([2H])c([2H])c4c(c3[2H])C3(c5c([2H])c([2H])c([2H])c([2H])c5-c5c([2H])c([2H])c([2H])c([2H])c53)c3c([2H])c(-c5c([2H])c([2H])c(P(=S)(c6c([2H])c([2H])c([2H])c([2H])c6[2H])c6c([2H])c([2H])c([2H])c([2H])c6[2H])c([2H])c5[2H])c([2H])c([2H])c3-4)c([2H])c2[2H])c([2H])c1[2H]. The lowest BCUT2D eigenvalue weighted by molar-refractivity contribution is 0.794. The largest absolute Gasteiger partial charge is 0.0826 e. The number of hydrogen-bond acceptors (Lipinski definition) is 2. The molecule has 0 radical (unpaired) electrons. The average Bonchev–Trinajstić information content (AvgIpc) is 1.48. The molecule has 1 spiro atoms. The van der Waals surface area contributed by atoms with Crippen LogP contribution in [-0.2, 0) is 29.0 Å². The first kappa shape index (κ1) is 15.6. The Morgan fingerprint density at radius 1 is 0.262 bits per heavy atom. The van der Waals surface area contributed by atoms with Gasteiger partial charge < -0.3 is 0 Å². The Kier molecular flexibility index (Phi) is 3.80. The predicted octanol–water partition coefficient (Wildman–Crippen LogP) is 12.9. The second-order valence-corrected chi connectivity index (χ2v) is 22.2. The van der Waals surface area contributed by atoms with Crippen molar-refractivity contribution in [3.05, 3.63) is 276 Å². The topological polar surface area (TPSA) is 0 Å². The van der Waals surface area contributed by atoms with E-state index in [-0.39, 0.29) is 0 Å². The molecule has 10 aromatic carbocycles. The van der Waals surface area contributed by atoms with Gasteiger partial charge in [0.15, 0.2) is 0 Å². The molecule has 0 amide bonds. The van der Waals surface area contributed by atoms with E-state index in [0.29, 0.717) is 0 Å². The fourth-order valence-corrected chi connectivity index (χ4v) is 13.3. The van der Waals surface area contributed by atoms with Crippen LogP contribution in [0.5, 0.6) is 0 Å². The van der Waals surface area contributed by atoms with Crippen molar-refractivity contribution in [2.24, 2.45) is 0 Å². The van der Waals surface area contributed by atoms with Gasteiger partial charge >= 0.3 is 0 Å². The normalized spacial score (nSPS) is 22.2. The lowest BCUT2D eigenvalue weighted by atomic mass is 9.70. The Hall–Kier alpha value is -6.50. The van der Waals surface area contributed by atoms with Crippen molar-refractivity contribution in [2.45, 2.75) is 5.41 Å². The third-order valence-electron chi connectivity index (χ3n) is 10.6. The molecule has 0 nitrogen and oxygen atoms in total. The summed E-state index contributed by atoms with van der Waals surface area (Å²) in [6.45, 7) is 0. The van der Waals surface area contributed by atoms with Crippen LogP contribution in [0.15, 0.2) is 254 Å². The van der Waals surface area contributed by atoms with E-state index in [0.717, 1.165) is 0 Å². The van der Waals surface area contributed by atoms with Crippen LogP contribution in [0, 0.1) is 0 Å². The van der Waals surface area contributed by atoms with Crippen LogP contribution in [0.3, 0.4) is 0 Å². The van der Waals surface area contributed by atoms with E-state index in [1.165, 1.54) is 0 Å². The summed E-state index contributed by atoms with van der Waals surface area (Å²) < 4.78 is 391. The summed E-state index contributed by atoms with van der Waals surface area (Å²) in [5, 5.41) is -6.39. The third kappa shape index (κ3) is 6.16. The van der Waals surface area contributed by atoms with E-state index in [2.05, 4.69) is 0 Å². The van der Waals surface area contributed by atoms with Crippen LogP contribution >= 0.6 is 12.1 Å². The molecule has 0 bridgehead atoms. The Labute approximate surface area is 451 Å². The Morgan fingerprint density at radius 2 is 0.523 bits per heavy atom. The second kappa shape index (κ2) is 15.9. The van der Waals surface area contributed by atoms with Crippen LogP contribution in [0.1, 0.15) is 79.8 Å². The summed E-state index contributed by atoms with van der Waals surface area (Å²) in [5.41, 5.74) is -15.5. The zero-order valence-electron chi connectivity index (χ0n) is 74.2. The van der Waals surface area contributed by atoms with Crippen molar-refractivity contribution < 1.29 is 57.6 Å². The van der Waals surface area contributed by atoms with Gasteiger partial charge in [-0.15, -0.1) is 0 Å². The molecule has 2 aliphatic carbocycles. The monoisotopic (exact) mass is 942 g/mol. The average molecular weight is 943 g/mol. The van der Waals surface area contributed by atoms with Gasteiger partial charge in [-0.3, -0.25) is 0 Å². The maximum atomic E-state index is 10.6. The number of benzene rings is 10. The van der Waals surface area contributed by atoms with Gasteiger partial charge in [-0.2, -0.15) is 0 Å². The molecule has 4 heteroatoms. The van der Waals surface area contributed by atoms with Crippen LogP contribution in [0.2, 0.25) is 0 Å². The molecular formula is C61H42P2S2. The lowest BCUT2D eigenvalue weighted by Crippen LogP contribution is -2.26. The van der Waals surface area contributed by atoms with E-state index in [1.807, 2.05) is 0 Å². The highest BCUT2D eigenvalue weighted by atomic mass is 32.4. The van der Waals surface area contributed by atoms with Crippen molar-refractivity contribution in [3.63, 3.8) is 0 Å². The standard InChI is InChI=1S/C61H42P2S2/c64-62(47-17-5-1-6-18-47,48-19-7-2-8-20-48)51-35-29-43(30-36-51)45-33-39-55-56-40-34-46(42-60(56)61(59(55)41-45)57-27-15-13-25-53(57)54-26-14-16-28-58(54)61)44-31-37-52(38-32-44)63(65,49-21-9-3-10-22-49)50-23-11-4-12-24-50/h1-42H/i1D,2D,3D,4D,5D,6D,7D,8D,9D,10D,11D,12D,13D,14D,15D,16D,17D,18D,19D,20D,21D,22D,23D,24D,25D,26D,27D,28D,29D,30D,31D,32D,33D,34D,35D,36D,37D,38D,39D,40D,41D,42D. The van der Waals surface area contributed by atoms with Crippen molar-refractivity contribution in [1.29, 1.82) is 0 Å². The molecule has 0 atom stereocenters. The summed E-state index contributed by atoms with van der Waals surface area (Å²) in [4.78, 5) is 0. The number of fused-ring (bicyclic) bond motifs is 10. The quantitative estimate of drug-likeness (QED) is 0.139. The van der Waals surface area contributed by atoms with Crippen LogP contribution < -0.4 is 31.8 Å². The van der Waals surface area contributed by atoms with Crippen LogP contribution in [-0.4, -0.2) is 0 Å². The molecule has 65 heavy (non-hydrogen) atoms. The molecule has 12 rings (SSSR count). The molecule has 0 saturated carbocycles. The molecule has 0 aromatic heterocycles. The first-order valence-corrected chi connectivity index (χ1v) is 24.3. The maximum absolute atomic E-state index is 10.6. The molecule has 2 aliphatic rings. The van der Waals surface area contributed by atoms with Gasteiger partial charge in [-0.1, -0.05) is 265 Å². The molecule has 10 aromatic rings. The van der Waals surface area contributed by atoms with E-state index in [9.17, 15) is 27.4 Å². The zero-order chi connectivity index (χ0) is 80.1. The first-order valence-electron chi connectivity index (χ1n) is 39.7. The molecule has 0 saturated heterocycles. The highest BCUT2D eigenvalue weighted by Gasteiger charge is 2.51. The fraction of sp³-hybridized carbons (Fsp3) is 0.0164. The minimum Gasteiger partial charge on any atom is -0.0826 e. The molecule has 0 aliphatic heterocycles. The Morgan fingerprint density at radius 3 is 0.862 bits per heavy atom. The summed E-state index contributed by atoms with van der Waals surface area (Å²) in [6, 6.07) is -61.2. The van der Waals surface area contributed by atoms with E-state index in [1.54, 1.807) is 0 Å². The second-order valence-electron chi connectivity index (χ2n) is 13.8. The van der Waals surface area contributed by atoms with Gasteiger partial charge in [0.25, 0.3) is 0 Å². The highest BCUT2D eigenvalue weighted by Crippen LogP contribution is 2.63. The van der Waals surface area contributed by atoms with E-state index >= 15 is 0 Å². The van der Waals surface area contributed by atoms with Crippen LogP contribution in [0.25, 0.3) is 44.5 Å². The third-order valence-corrected chi connectivity index (χ3v) is 19.0. The van der Waals surface area contributed by atoms with Gasteiger partial charge in [0.1, 0.15) is 0 Å². The Bertz CT molecular complexity index is 5380. The Balaban J connectivity index is 1.27. The van der Waals surface area contributed by atoms with E-state index in [4.69, 9.17) is 53.8 Å². The number of rotatable bonds is 8. The van der Waals surface area contributed by atoms with E-state index < -0.39 is 370 Å². The smallest absolute Gasteiger partial charge is 0.0725 e. The van der Waals surface area contributed by atoms with Gasteiger partial charge in [0.2, 0.25) is 0 Å². The minimum atomic E-state index is -5.29. The van der Waals surface area contributed by atoms with Crippen molar-refractivity contribution in [3.8, 4) is 44.5 Å². The molecule has 0 heterocycles. The molecule has 0 unspecified atom stereocenters. The zero-order valence-corrected chi connectivity index (χ0v) is 35.6. The highest BCUT2D eigenvalue weighted by molar-refractivity contribution is 8.26. The van der Waals surface area contributed by atoms with Crippen LogP contribution in [0.4, 0.5) is 0 Å². The summed E-state index contributed by atoms with van der Waals surface area (Å²) >= 11 is 12.5. The fourth-order valence-electron chi connectivity index (χ4n) is 7.76. The van der Waals surface area contributed by atoms with Gasteiger partial charge in [0.05, 0.1) is 63.0 Å². The molecule has 308 valence electrons.